The minimum absolute atomic E-state index is 0.191. The molecule has 0 radical (unpaired) electrons. The Balaban J connectivity index is 1.90. The summed E-state index contributed by atoms with van der Waals surface area (Å²) in [5.74, 6) is -0.598. The van der Waals surface area contributed by atoms with E-state index < -0.39 is 22.0 Å². The average molecular weight is 401 g/mol. The van der Waals surface area contributed by atoms with Crippen molar-refractivity contribution in [1.82, 2.24) is 4.31 Å². The van der Waals surface area contributed by atoms with E-state index in [4.69, 9.17) is 0 Å². The van der Waals surface area contributed by atoms with E-state index in [0.717, 1.165) is 24.7 Å². The fourth-order valence-electron chi connectivity index (χ4n) is 3.48. The zero-order valence-electron chi connectivity index (χ0n) is 16.0. The number of ketones is 1. The van der Waals surface area contributed by atoms with Crippen LogP contribution in [0.1, 0.15) is 40.7 Å². The van der Waals surface area contributed by atoms with Gasteiger partial charge in [-0.25, -0.2) is 8.42 Å². The number of hydrogen-bond acceptors (Lipinski definition) is 4. The largest absolute Gasteiger partial charge is 0.324 e. The van der Waals surface area contributed by atoms with Gasteiger partial charge < -0.3 is 5.32 Å². The van der Waals surface area contributed by atoms with Crippen molar-refractivity contribution in [2.45, 2.75) is 32.2 Å². The minimum atomic E-state index is -3.48. The first kappa shape index (κ1) is 20.2. The second kappa shape index (κ2) is 8.24. The number of nitrogens with zero attached hydrogens (tertiary/aromatic N) is 1. The van der Waals surface area contributed by atoms with E-state index in [1.807, 2.05) is 19.1 Å². The lowest BCUT2D eigenvalue weighted by Crippen LogP contribution is -2.49. The van der Waals surface area contributed by atoms with Gasteiger partial charge in [-0.1, -0.05) is 48.4 Å². The number of amides is 1. The number of rotatable bonds is 5. The van der Waals surface area contributed by atoms with Gasteiger partial charge >= 0.3 is 0 Å². The van der Waals surface area contributed by atoms with Crippen LogP contribution in [0.5, 0.6) is 0 Å². The maximum absolute atomic E-state index is 12.9. The molecule has 28 heavy (non-hydrogen) atoms. The monoisotopic (exact) mass is 400 g/mol. The van der Waals surface area contributed by atoms with Crippen molar-refractivity contribution < 1.29 is 18.0 Å². The molecule has 1 unspecified atom stereocenters. The number of hydrogen-bond donors (Lipinski definition) is 1. The number of piperidine rings is 1. The Kier molecular flexibility index (Phi) is 5.96. The normalized spacial score (nSPS) is 17.9. The Morgan fingerprint density at radius 3 is 2.46 bits per heavy atom. The van der Waals surface area contributed by atoms with Gasteiger partial charge in [-0.2, -0.15) is 4.31 Å². The predicted octanol–water partition coefficient (Wildman–Crippen LogP) is 2.98. The van der Waals surface area contributed by atoms with Crippen molar-refractivity contribution in [3.8, 4) is 0 Å². The topological polar surface area (TPSA) is 83.6 Å². The summed E-state index contributed by atoms with van der Waals surface area (Å²) >= 11 is 0. The zero-order valence-corrected chi connectivity index (χ0v) is 16.8. The quantitative estimate of drug-likeness (QED) is 0.782. The van der Waals surface area contributed by atoms with E-state index in [2.05, 4.69) is 5.32 Å². The van der Waals surface area contributed by atoms with Crippen LogP contribution in [0, 0.1) is 6.92 Å². The molecule has 0 bridgehead atoms. The molecule has 0 aliphatic carbocycles. The lowest BCUT2D eigenvalue weighted by molar-refractivity contribution is -0.120. The summed E-state index contributed by atoms with van der Waals surface area (Å²) in [6.45, 7) is 2.21. The third-order valence-corrected chi connectivity index (χ3v) is 6.18. The molecule has 0 aromatic heterocycles. The van der Waals surface area contributed by atoms with Crippen LogP contribution < -0.4 is 5.32 Å². The smallest absolute Gasteiger partial charge is 0.242 e. The summed E-state index contributed by atoms with van der Waals surface area (Å²) in [5, 5.41) is 2.79. The highest BCUT2D eigenvalue weighted by molar-refractivity contribution is 7.88. The molecule has 1 N–H and O–H groups in total. The molecule has 148 valence electrons. The predicted molar refractivity (Wildman–Crippen MR) is 109 cm³/mol. The Hall–Kier alpha value is -2.51. The minimum Gasteiger partial charge on any atom is -0.324 e. The van der Waals surface area contributed by atoms with Crippen LogP contribution >= 0.6 is 0 Å². The number of carbonyl (C=O) groups is 2. The molecule has 1 atom stereocenters. The van der Waals surface area contributed by atoms with Gasteiger partial charge in [0.1, 0.15) is 6.04 Å². The van der Waals surface area contributed by atoms with Crippen molar-refractivity contribution in [2.24, 2.45) is 0 Å². The first-order valence-corrected chi connectivity index (χ1v) is 11.1. The van der Waals surface area contributed by atoms with E-state index in [9.17, 15) is 18.0 Å². The Labute approximate surface area is 165 Å². The third kappa shape index (κ3) is 4.48. The zero-order chi connectivity index (χ0) is 20.3. The summed E-state index contributed by atoms with van der Waals surface area (Å²) in [6, 6.07) is 13.3. The molecule has 7 heteroatoms. The molecule has 1 fully saturated rings. The Morgan fingerprint density at radius 2 is 1.79 bits per heavy atom. The first-order chi connectivity index (χ1) is 13.3. The first-order valence-electron chi connectivity index (χ1n) is 9.25. The summed E-state index contributed by atoms with van der Waals surface area (Å²) < 4.78 is 25.3. The lowest BCUT2D eigenvalue weighted by atomic mass is 9.99. The molecule has 0 saturated carbocycles. The van der Waals surface area contributed by atoms with Crippen LogP contribution in [0.3, 0.4) is 0 Å². The highest BCUT2D eigenvalue weighted by Gasteiger charge is 2.34. The lowest BCUT2D eigenvalue weighted by Gasteiger charge is -2.32. The van der Waals surface area contributed by atoms with Gasteiger partial charge in [0, 0.05) is 17.7 Å². The van der Waals surface area contributed by atoms with Crippen molar-refractivity contribution >= 4 is 27.4 Å². The molecule has 1 heterocycles. The molecule has 1 saturated heterocycles. The van der Waals surface area contributed by atoms with Crippen LogP contribution in [0.4, 0.5) is 5.69 Å². The Bertz CT molecular complexity index is 987. The van der Waals surface area contributed by atoms with Gasteiger partial charge in [0.05, 0.1) is 11.9 Å². The van der Waals surface area contributed by atoms with Crippen molar-refractivity contribution in [3.63, 3.8) is 0 Å². The van der Waals surface area contributed by atoms with Crippen LogP contribution in [0.15, 0.2) is 48.5 Å². The summed E-state index contributed by atoms with van der Waals surface area (Å²) in [6.07, 6.45) is 3.11. The summed E-state index contributed by atoms with van der Waals surface area (Å²) in [5.41, 5.74) is 2.21. The van der Waals surface area contributed by atoms with E-state index in [-0.39, 0.29) is 5.78 Å². The van der Waals surface area contributed by atoms with E-state index in [0.29, 0.717) is 29.8 Å². The summed E-state index contributed by atoms with van der Waals surface area (Å²) in [7, 11) is -3.48. The average Bonchev–Trinajstić information content (AvgIpc) is 2.68. The van der Waals surface area contributed by atoms with E-state index in [1.54, 1.807) is 36.4 Å². The number of aryl methyl sites for hydroxylation is 1. The maximum atomic E-state index is 12.9. The second-order valence-corrected chi connectivity index (χ2v) is 9.05. The molecular formula is C21H24N2O4S. The number of benzene rings is 2. The SMILES string of the molecule is Cc1ccc(NC(=O)C2CCCCN2S(C)(=O)=O)c(C(=O)c2ccccc2)c1. The van der Waals surface area contributed by atoms with Gasteiger partial charge in [0.2, 0.25) is 15.9 Å². The van der Waals surface area contributed by atoms with Gasteiger partial charge in [0.25, 0.3) is 0 Å². The molecule has 1 aliphatic heterocycles. The van der Waals surface area contributed by atoms with E-state index >= 15 is 0 Å². The van der Waals surface area contributed by atoms with Gasteiger partial charge in [-0.05, 0) is 31.9 Å². The molecule has 2 aromatic rings. The number of nitrogens with one attached hydrogen (secondary N) is 1. The molecular weight excluding hydrogens is 376 g/mol. The molecule has 2 aromatic carbocycles. The number of anilines is 1. The highest BCUT2D eigenvalue weighted by atomic mass is 32.2. The summed E-state index contributed by atoms with van der Waals surface area (Å²) in [4.78, 5) is 25.8. The number of sulfonamides is 1. The van der Waals surface area contributed by atoms with Crippen LogP contribution in [0.25, 0.3) is 0 Å². The third-order valence-electron chi connectivity index (χ3n) is 4.90. The van der Waals surface area contributed by atoms with Crippen molar-refractivity contribution in [1.29, 1.82) is 0 Å². The van der Waals surface area contributed by atoms with Crippen molar-refractivity contribution in [2.75, 3.05) is 18.1 Å². The van der Waals surface area contributed by atoms with Crippen molar-refractivity contribution in [3.05, 3.63) is 65.2 Å². The highest BCUT2D eigenvalue weighted by Crippen LogP contribution is 2.25. The fraction of sp³-hybridized carbons (Fsp3) is 0.333. The fourth-order valence-corrected chi connectivity index (χ4v) is 4.60. The standard InChI is InChI=1S/C21H24N2O4S/c1-15-11-12-18(17(14-15)20(24)16-8-4-3-5-9-16)22-21(25)19-10-6-7-13-23(19)28(2,26)27/h3-5,8-9,11-12,14,19H,6-7,10,13H2,1-2H3,(H,22,25). The molecule has 1 amide bonds. The molecule has 0 spiro atoms. The van der Waals surface area contributed by atoms with Gasteiger partial charge in [-0.15, -0.1) is 0 Å². The van der Waals surface area contributed by atoms with Crippen LogP contribution in [0.2, 0.25) is 0 Å². The van der Waals surface area contributed by atoms with Crippen LogP contribution in [-0.4, -0.2) is 43.3 Å². The van der Waals surface area contributed by atoms with Gasteiger partial charge in [0.15, 0.2) is 5.78 Å². The second-order valence-electron chi connectivity index (χ2n) is 7.12. The van der Waals surface area contributed by atoms with Gasteiger partial charge in [-0.3, -0.25) is 9.59 Å². The van der Waals surface area contributed by atoms with Crippen LogP contribution in [-0.2, 0) is 14.8 Å². The molecule has 3 rings (SSSR count). The van der Waals surface area contributed by atoms with E-state index in [1.165, 1.54) is 4.31 Å². The number of carbonyl (C=O) groups excluding carboxylic acids is 2. The molecule has 6 nitrogen and oxygen atoms in total. The maximum Gasteiger partial charge on any atom is 0.242 e. The molecule has 1 aliphatic rings. The Morgan fingerprint density at radius 1 is 1.07 bits per heavy atom.